The van der Waals surface area contributed by atoms with Crippen LogP contribution in [0.15, 0.2) is 18.6 Å². The number of nitrogens with one attached hydrogen (secondary N) is 2. The Labute approximate surface area is 188 Å². The quantitative estimate of drug-likeness (QED) is 0.429. The lowest BCUT2D eigenvalue weighted by Gasteiger charge is -2.41. The molecule has 3 rings (SSSR count). The Morgan fingerprint density at radius 3 is 2.72 bits per heavy atom. The Morgan fingerprint density at radius 2 is 2.03 bits per heavy atom. The van der Waals surface area contributed by atoms with E-state index in [-0.39, 0.29) is 48.6 Å². The van der Waals surface area contributed by atoms with E-state index < -0.39 is 29.9 Å². The zero-order chi connectivity index (χ0) is 23.1. The number of carboxylic acids is 1. The van der Waals surface area contributed by atoms with Gasteiger partial charge in [-0.05, 0) is 12.8 Å². The van der Waals surface area contributed by atoms with Crippen molar-refractivity contribution < 1.29 is 29.1 Å². The first-order chi connectivity index (χ1) is 15.4. The number of aliphatic carboxylic acids is 1. The Balaban J connectivity index is 1.73. The van der Waals surface area contributed by atoms with Gasteiger partial charge in [0.15, 0.2) is 0 Å². The van der Waals surface area contributed by atoms with Gasteiger partial charge in [0.1, 0.15) is 17.8 Å². The zero-order valence-electron chi connectivity index (χ0n) is 17.2. The number of thioether (sulfide) groups is 1. The summed E-state index contributed by atoms with van der Waals surface area (Å²) in [5.41, 5.74) is 0.0602. The van der Waals surface area contributed by atoms with Gasteiger partial charge in [-0.1, -0.05) is 0 Å². The molecule has 2 aliphatic rings. The van der Waals surface area contributed by atoms with Crippen molar-refractivity contribution in [1.29, 1.82) is 0 Å². The summed E-state index contributed by atoms with van der Waals surface area (Å²) in [6, 6.07) is -1.75. The number of hydrogen-bond acceptors (Lipinski definition) is 9. The van der Waals surface area contributed by atoms with E-state index in [4.69, 9.17) is 0 Å². The fourth-order valence-corrected chi connectivity index (χ4v) is 4.15. The Hall–Kier alpha value is -3.22. The molecule has 12 nitrogen and oxygen atoms in total. The van der Waals surface area contributed by atoms with Crippen LogP contribution in [0.1, 0.15) is 23.3 Å². The summed E-state index contributed by atoms with van der Waals surface area (Å²) < 4.78 is 0. The fourth-order valence-electron chi connectivity index (χ4n) is 3.52. The van der Waals surface area contributed by atoms with Crippen LogP contribution in [-0.2, 0) is 19.2 Å². The van der Waals surface area contributed by atoms with Crippen LogP contribution in [0, 0.1) is 0 Å². The van der Waals surface area contributed by atoms with Gasteiger partial charge in [-0.3, -0.25) is 24.2 Å². The Bertz CT molecular complexity index is 884. The van der Waals surface area contributed by atoms with E-state index in [2.05, 4.69) is 20.6 Å². The maximum absolute atomic E-state index is 13.1. The summed E-state index contributed by atoms with van der Waals surface area (Å²) in [5.74, 6) is -3.39. The molecule has 172 valence electrons. The summed E-state index contributed by atoms with van der Waals surface area (Å²) in [5, 5.41) is 15.9. The second-order valence-electron chi connectivity index (χ2n) is 7.30. The largest absolute Gasteiger partial charge is 0.549 e. The fraction of sp³-hybridized carbons (Fsp3) is 0.526. The van der Waals surface area contributed by atoms with Crippen molar-refractivity contribution in [2.45, 2.75) is 24.9 Å². The first-order valence-electron chi connectivity index (χ1n) is 10.1. The molecule has 1 aromatic heterocycles. The summed E-state index contributed by atoms with van der Waals surface area (Å²) in [6.45, 7) is 0.695. The number of piperazine rings is 1. The molecule has 0 unspecified atom stereocenters. The Kier molecular flexibility index (Phi) is 7.98. The van der Waals surface area contributed by atoms with E-state index in [1.165, 1.54) is 28.4 Å². The van der Waals surface area contributed by atoms with Crippen LogP contribution in [0.5, 0.6) is 0 Å². The second-order valence-corrected chi connectivity index (χ2v) is 8.29. The van der Waals surface area contributed by atoms with Crippen molar-refractivity contribution >= 4 is 41.4 Å². The van der Waals surface area contributed by atoms with Gasteiger partial charge < -0.3 is 30.3 Å². The first-order valence-corrected chi connectivity index (χ1v) is 11.2. The predicted molar refractivity (Wildman–Crippen MR) is 110 cm³/mol. The third-order valence-electron chi connectivity index (χ3n) is 5.13. The molecule has 13 heteroatoms. The molecule has 4 amide bonds. The number of carbonyl (C=O) groups is 5. The highest BCUT2D eigenvalue weighted by molar-refractivity contribution is 8.00. The molecule has 2 aliphatic heterocycles. The van der Waals surface area contributed by atoms with Gasteiger partial charge in [0.25, 0.3) is 5.91 Å². The van der Waals surface area contributed by atoms with Crippen LogP contribution in [0.2, 0.25) is 0 Å². The maximum atomic E-state index is 13.1. The van der Waals surface area contributed by atoms with Crippen LogP contribution < -0.4 is 15.7 Å². The molecule has 3 heterocycles. The number of hydrogen-bond donors (Lipinski definition) is 2. The molecular formula is C19H23N6O6S-. The average molecular weight is 463 g/mol. The van der Waals surface area contributed by atoms with Crippen molar-refractivity contribution in [3.63, 3.8) is 0 Å². The van der Waals surface area contributed by atoms with Crippen molar-refractivity contribution in [3.05, 3.63) is 24.3 Å². The highest BCUT2D eigenvalue weighted by Crippen LogP contribution is 2.16. The monoisotopic (exact) mass is 463 g/mol. The molecule has 2 fully saturated rings. The SMILES string of the molecule is O=C([O-])CSCC(=O)N1CCN(C(=O)c2cnccn2)[C@H](C(=O)N[C@H]2CCCNC2=O)C1. The third-order valence-corrected chi connectivity index (χ3v) is 6.02. The number of rotatable bonds is 7. The van der Waals surface area contributed by atoms with Crippen molar-refractivity contribution in [1.82, 2.24) is 30.4 Å². The van der Waals surface area contributed by atoms with Crippen LogP contribution in [0.25, 0.3) is 0 Å². The molecular weight excluding hydrogens is 440 g/mol. The number of carboxylic acid groups (broad SMARTS) is 1. The van der Waals surface area contributed by atoms with E-state index >= 15 is 0 Å². The van der Waals surface area contributed by atoms with Crippen LogP contribution in [0.4, 0.5) is 0 Å². The molecule has 1 aromatic rings. The minimum Gasteiger partial charge on any atom is -0.549 e. The molecule has 2 atom stereocenters. The van der Waals surface area contributed by atoms with Crippen LogP contribution in [-0.4, -0.2) is 99.1 Å². The van der Waals surface area contributed by atoms with Gasteiger partial charge in [0.2, 0.25) is 17.7 Å². The number of carbonyl (C=O) groups excluding carboxylic acids is 5. The molecule has 0 radical (unpaired) electrons. The number of amides is 4. The molecule has 0 spiro atoms. The number of piperidine rings is 1. The van der Waals surface area contributed by atoms with Gasteiger partial charge in [-0.2, -0.15) is 0 Å². The highest BCUT2D eigenvalue weighted by atomic mass is 32.2. The molecule has 32 heavy (non-hydrogen) atoms. The number of nitrogens with zero attached hydrogens (tertiary/aromatic N) is 4. The molecule has 0 bridgehead atoms. The van der Waals surface area contributed by atoms with Gasteiger partial charge >= 0.3 is 0 Å². The van der Waals surface area contributed by atoms with E-state index in [1.807, 2.05) is 0 Å². The van der Waals surface area contributed by atoms with E-state index in [9.17, 15) is 29.1 Å². The zero-order valence-corrected chi connectivity index (χ0v) is 18.0. The predicted octanol–water partition coefficient (Wildman–Crippen LogP) is -2.99. The molecule has 0 saturated carbocycles. The lowest BCUT2D eigenvalue weighted by atomic mass is 10.0. The van der Waals surface area contributed by atoms with Crippen molar-refractivity contribution in [3.8, 4) is 0 Å². The lowest BCUT2D eigenvalue weighted by molar-refractivity contribution is -0.301. The molecule has 2 N–H and O–H groups in total. The minimum atomic E-state index is -1.27. The highest BCUT2D eigenvalue weighted by Gasteiger charge is 2.39. The second kappa shape index (κ2) is 10.9. The van der Waals surface area contributed by atoms with Gasteiger partial charge in [-0.25, -0.2) is 4.98 Å². The van der Waals surface area contributed by atoms with Crippen molar-refractivity contribution in [2.24, 2.45) is 0 Å². The van der Waals surface area contributed by atoms with Gasteiger partial charge in [0.05, 0.1) is 24.5 Å². The van der Waals surface area contributed by atoms with Crippen molar-refractivity contribution in [2.75, 3.05) is 37.7 Å². The first kappa shape index (κ1) is 23.4. The smallest absolute Gasteiger partial charge is 0.274 e. The molecule has 0 aromatic carbocycles. The van der Waals surface area contributed by atoms with Crippen LogP contribution >= 0.6 is 11.8 Å². The maximum Gasteiger partial charge on any atom is 0.274 e. The summed E-state index contributed by atoms with van der Waals surface area (Å²) in [7, 11) is 0. The van der Waals surface area contributed by atoms with E-state index in [0.29, 0.717) is 19.4 Å². The standard InChI is InChI=1S/C19H24N6O6S/c26-15(10-32-11-16(27)28)24-6-7-25(19(31)13-8-20-4-5-21-13)14(9-24)18(30)23-12-2-1-3-22-17(12)29/h4-5,8,12,14H,1-3,6-7,9-11H2,(H,22,29)(H,23,30)(H,27,28)/p-1/t12-,14-/m0/s1. The van der Waals surface area contributed by atoms with Gasteiger partial charge in [-0.15, -0.1) is 11.8 Å². The molecule has 0 aliphatic carbocycles. The topological polar surface area (TPSA) is 165 Å². The third kappa shape index (κ3) is 5.93. The normalized spacial score (nSPS) is 20.9. The van der Waals surface area contributed by atoms with E-state index in [1.54, 1.807) is 0 Å². The average Bonchev–Trinajstić information content (AvgIpc) is 2.80. The Morgan fingerprint density at radius 1 is 1.22 bits per heavy atom. The van der Waals surface area contributed by atoms with E-state index in [0.717, 1.165) is 11.8 Å². The number of aromatic nitrogens is 2. The summed E-state index contributed by atoms with van der Waals surface area (Å²) in [6.07, 6.45) is 5.27. The summed E-state index contributed by atoms with van der Waals surface area (Å²) >= 11 is 0.900. The van der Waals surface area contributed by atoms with Gasteiger partial charge in [0, 0.05) is 37.8 Å². The molecule has 2 saturated heterocycles. The summed E-state index contributed by atoms with van der Waals surface area (Å²) in [4.78, 5) is 71.8. The minimum absolute atomic E-state index is 0.0602. The van der Waals surface area contributed by atoms with Crippen LogP contribution in [0.3, 0.4) is 0 Å². The lowest BCUT2D eigenvalue weighted by Crippen LogP contribution is -2.63.